The van der Waals surface area contributed by atoms with Crippen LogP contribution in [0.15, 0.2) is 41.3 Å². The summed E-state index contributed by atoms with van der Waals surface area (Å²) in [6.45, 7) is 4.87. The van der Waals surface area contributed by atoms with Gasteiger partial charge in [-0.15, -0.1) is 11.3 Å². The lowest BCUT2D eigenvalue weighted by Crippen LogP contribution is -2.70. The molecule has 0 aliphatic heterocycles. The van der Waals surface area contributed by atoms with Crippen molar-refractivity contribution in [1.82, 2.24) is 0 Å². The molecule has 9 atom stereocenters. The number of carbonyl (C=O) groups excluding carboxylic acids is 3. The molecule has 1 aromatic heterocycles. The summed E-state index contributed by atoms with van der Waals surface area (Å²) in [7, 11) is 0. The third-order valence-corrected chi connectivity index (χ3v) is 11.2. The zero-order chi connectivity index (χ0) is 27.0. The number of ketones is 1. The fourth-order valence-electron chi connectivity index (χ4n) is 7.97. The summed E-state index contributed by atoms with van der Waals surface area (Å²) >= 11 is 1.52. The summed E-state index contributed by atoms with van der Waals surface area (Å²) in [6, 6.07) is 2.17. The number of alkyl halides is 3. The minimum Gasteiger partial charge on any atom is -0.445 e. The van der Waals surface area contributed by atoms with Gasteiger partial charge in [-0.1, -0.05) is 26.0 Å². The van der Waals surface area contributed by atoms with E-state index < -0.39 is 75.0 Å². The Bertz CT molecular complexity index is 1200. The van der Waals surface area contributed by atoms with Gasteiger partial charge in [-0.05, 0) is 73.0 Å². The Labute approximate surface area is 221 Å². The van der Waals surface area contributed by atoms with Crippen LogP contribution in [0.3, 0.4) is 0 Å². The van der Waals surface area contributed by atoms with Gasteiger partial charge in [0.1, 0.15) is 17.1 Å². The molecule has 0 saturated heterocycles. The van der Waals surface area contributed by atoms with Crippen molar-refractivity contribution in [2.45, 2.75) is 63.6 Å². The van der Waals surface area contributed by atoms with E-state index in [2.05, 4.69) is 0 Å². The highest BCUT2D eigenvalue weighted by molar-refractivity contribution is 8.13. The molecule has 0 amide bonds. The van der Waals surface area contributed by atoms with E-state index in [4.69, 9.17) is 4.74 Å². The van der Waals surface area contributed by atoms with E-state index in [0.717, 1.165) is 17.4 Å². The lowest BCUT2D eigenvalue weighted by molar-refractivity contribution is -0.221. The molecular weight excluding hydrogens is 525 g/mol. The molecule has 1 aromatic rings. The number of halogens is 3. The van der Waals surface area contributed by atoms with Gasteiger partial charge in [-0.25, -0.2) is 18.0 Å². The average Bonchev–Trinajstić information content (AvgIpc) is 3.45. The monoisotopic (exact) mass is 554 g/mol. The Kier molecular flexibility index (Phi) is 6.35. The third kappa shape index (κ3) is 3.37. The normalized spacial score (nSPS) is 44.5. The number of hydrogen-bond acceptors (Lipinski definition) is 7. The molecule has 3 saturated carbocycles. The molecule has 5 unspecified atom stereocenters. The Morgan fingerprint density at radius 1 is 1.27 bits per heavy atom. The number of aliphatic hydroxyl groups is 1. The van der Waals surface area contributed by atoms with E-state index in [1.54, 1.807) is 31.4 Å². The second-order valence-electron chi connectivity index (χ2n) is 11.1. The number of thioether (sulfide) groups is 1. The molecule has 0 aromatic carbocycles. The van der Waals surface area contributed by atoms with Crippen LogP contribution in [-0.4, -0.2) is 51.5 Å². The van der Waals surface area contributed by atoms with Gasteiger partial charge in [0.25, 0.3) is 0 Å². The van der Waals surface area contributed by atoms with E-state index in [1.165, 1.54) is 19.1 Å². The molecule has 1 N–H and O–H groups in total. The minimum atomic E-state index is -2.33. The van der Waals surface area contributed by atoms with Crippen LogP contribution in [0.1, 0.15) is 49.7 Å². The average molecular weight is 555 g/mol. The van der Waals surface area contributed by atoms with Crippen LogP contribution in [0, 0.1) is 28.6 Å². The van der Waals surface area contributed by atoms with Crippen molar-refractivity contribution in [3.05, 3.63) is 46.2 Å². The molecule has 4 aliphatic carbocycles. The SMILES string of the molecule is CC1C[C@H]2[C@@H]3CC(F)C4=CC(=O)C=C[C@]4(C)C3(F)C(O)C[C@]2(C)C1(OC(=O)c1cccs1)C(=O)SCF. The molecule has 4 aliphatic rings. The largest absolute Gasteiger partial charge is 0.445 e. The van der Waals surface area contributed by atoms with E-state index in [1.807, 2.05) is 0 Å². The number of thiophene rings is 1. The first-order chi connectivity index (χ1) is 17.4. The lowest BCUT2D eigenvalue weighted by atomic mass is 9.44. The van der Waals surface area contributed by atoms with Crippen LogP contribution in [0.4, 0.5) is 13.2 Å². The number of ether oxygens (including phenoxy) is 1. The van der Waals surface area contributed by atoms with E-state index in [0.29, 0.717) is 11.8 Å². The lowest BCUT2D eigenvalue weighted by Gasteiger charge is -2.63. The molecule has 0 spiro atoms. The van der Waals surface area contributed by atoms with Gasteiger partial charge in [0.05, 0.1) is 6.10 Å². The first-order valence-corrected chi connectivity index (χ1v) is 14.2. The Balaban J connectivity index is 1.64. The highest BCUT2D eigenvalue weighted by Crippen LogP contribution is 2.72. The van der Waals surface area contributed by atoms with Crippen LogP contribution in [0.5, 0.6) is 0 Å². The number of allylic oxidation sites excluding steroid dienone is 4. The second kappa shape index (κ2) is 8.81. The van der Waals surface area contributed by atoms with E-state index in [9.17, 15) is 23.9 Å². The summed E-state index contributed by atoms with van der Waals surface area (Å²) < 4.78 is 52.5. The Morgan fingerprint density at radius 2 is 2.00 bits per heavy atom. The number of hydrogen-bond donors (Lipinski definition) is 1. The van der Waals surface area contributed by atoms with Crippen molar-refractivity contribution < 1.29 is 37.4 Å². The van der Waals surface area contributed by atoms with Crippen molar-refractivity contribution in [1.29, 1.82) is 0 Å². The van der Waals surface area contributed by atoms with Gasteiger partial charge in [-0.3, -0.25) is 9.59 Å². The van der Waals surface area contributed by atoms with Crippen LogP contribution in [-0.2, 0) is 14.3 Å². The van der Waals surface area contributed by atoms with Crippen molar-refractivity contribution in [3.63, 3.8) is 0 Å². The molecular formula is C27H29F3O5S2. The van der Waals surface area contributed by atoms with E-state index in [-0.39, 0.29) is 29.7 Å². The highest BCUT2D eigenvalue weighted by Gasteiger charge is 2.78. The fourth-order valence-corrected chi connectivity index (χ4v) is 9.35. The topological polar surface area (TPSA) is 80.7 Å². The van der Waals surface area contributed by atoms with Crippen LogP contribution in [0.2, 0.25) is 0 Å². The zero-order valence-electron chi connectivity index (χ0n) is 20.7. The van der Waals surface area contributed by atoms with Crippen LogP contribution >= 0.6 is 23.1 Å². The number of carbonyl (C=O) groups is 3. The zero-order valence-corrected chi connectivity index (χ0v) is 22.3. The predicted octanol–water partition coefficient (Wildman–Crippen LogP) is 5.40. The maximum absolute atomic E-state index is 17.4. The van der Waals surface area contributed by atoms with Gasteiger partial charge < -0.3 is 9.84 Å². The molecule has 0 radical (unpaired) electrons. The maximum Gasteiger partial charge on any atom is 0.349 e. The van der Waals surface area contributed by atoms with Gasteiger partial charge in [-0.2, -0.15) is 0 Å². The van der Waals surface area contributed by atoms with Gasteiger partial charge in [0.2, 0.25) is 5.12 Å². The highest BCUT2D eigenvalue weighted by atomic mass is 32.2. The second-order valence-corrected chi connectivity index (χ2v) is 13.0. The van der Waals surface area contributed by atoms with Crippen molar-refractivity contribution in [2.75, 3.05) is 6.01 Å². The maximum atomic E-state index is 17.4. The molecule has 0 bridgehead atoms. The van der Waals surface area contributed by atoms with Gasteiger partial charge >= 0.3 is 5.97 Å². The van der Waals surface area contributed by atoms with E-state index >= 15 is 8.78 Å². The van der Waals surface area contributed by atoms with Crippen LogP contribution < -0.4 is 0 Å². The predicted molar refractivity (Wildman–Crippen MR) is 134 cm³/mol. The molecule has 5 rings (SSSR count). The molecule has 3 fully saturated rings. The molecule has 200 valence electrons. The fraction of sp³-hybridized carbons (Fsp3) is 0.593. The number of fused-ring (bicyclic) bond motifs is 5. The van der Waals surface area contributed by atoms with Gasteiger partial charge in [0.15, 0.2) is 17.1 Å². The van der Waals surface area contributed by atoms with Crippen molar-refractivity contribution >= 4 is 40.0 Å². The first-order valence-electron chi connectivity index (χ1n) is 12.3. The van der Waals surface area contributed by atoms with Crippen molar-refractivity contribution in [2.24, 2.45) is 28.6 Å². The first kappa shape index (κ1) is 26.7. The number of esters is 1. The molecule has 1 heterocycles. The Morgan fingerprint density at radius 3 is 2.65 bits per heavy atom. The molecule has 5 nitrogen and oxygen atoms in total. The Hall–Kier alpha value is -1.91. The summed E-state index contributed by atoms with van der Waals surface area (Å²) in [5.74, 6) is -3.52. The quantitative estimate of drug-likeness (QED) is 0.503. The third-order valence-electron chi connectivity index (χ3n) is 9.63. The molecule has 10 heteroatoms. The summed E-state index contributed by atoms with van der Waals surface area (Å²) in [6.07, 6.45) is 0.0567. The van der Waals surface area contributed by atoms with Gasteiger partial charge in [0, 0.05) is 22.7 Å². The number of aliphatic hydroxyl groups excluding tert-OH is 1. The minimum absolute atomic E-state index is 0.00639. The smallest absolute Gasteiger partial charge is 0.349 e. The standard InChI is InChI=1S/C27H29F3O5S2/c1-14-9-16-17-11-19(29)18-10-15(31)6-7-24(18,2)26(17,30)21(32)12-25(16,3)27(14,23(34)37-13-28)35-22(33)20-5-4-8-36-20/h4-8,10,14,16-17,19,21,32H,9,11-13H2,1-3H3/t14?,16-,17-,19?,21?,24-,25-,26?,27?/m0/s1. The van der Waals surface area contributed by atoms with Crippen LogP contribution in [0.25, 0.3) is 0 Å². The summed E-state index contributed by atoms with van der Waals surface area (Å²) in [5, 5.41) is 12.5. The van der Waals surface area contributed by atoms with Crippen molar-refractivity contribution in [3.8, 4) is 0 Å². The summed E-state index contributed by atoms with van der Waals surface area (Å²) in [4.78, 5) is 39.1. The molecule has 37 heavy (non-hydrogen) atoms. The summed E-state index contributed by atoms with van der Waals surface area (Å²) in [5.41, 5.74) is -7.02. The number of rotatable bonds is 4.